The van der Waals surface area contributed by atoms with Crippen molar-refractivity contribution in [2.75, 3.05) is 6.54 Å². The maximum atomic E-state index is 4.79. The number of aryl methyl sites for hydroxylation is 2. The maximum absolute atomic E-state index is 4.79. The molecule has 3 nitrogen and oxygen atoms in total. The van der Waals surface area contributed by atoms with Gasteiger partial charge in [0.2, 0.25) is 0 Å². The zero-order chi connectivity index (χ0) is 14.4. The molecule has 0 spiro atoms. The van der Waals surface area contributed by atoms with Crippen LogP contribution in [0.4, 0.5) is 0 Å². The third-order valence-corrected chi connectivity index (χ3v) is 3.99. The third-order valence-electron chi connectivity index (χ3n) is 3.99. The fraction of sp³-hybridized carbons (Fsp3) is 0.588. The van der Waals surface area contributed by atoms with Crippen molar-refractivity contribution in [1.82, 2.24) is 14.9 Å². The number of aromatic nitrogens is 2. The average Bonchev–Trinajstić information content (AvgIpc) is 2.83. The molecule has 0 aliphatic heterocycles. The topological polar surface area (TPSA) is 29.9 Å². The van der Waals surface area contributed by atoms with E-state index in [2.05, 4.69) is 54.9 Å². The van der Waals surface area contributed by atoms with Crippen LogP contribution in [0.15, 0.2) is 24.3 Å². The Kier molecular flexibility index (Phi) is 5.60. The number of hydrogen-bond acceptors (Lipinski definition) is 2. The lowest BCUT2D eigenvalue weighted by atomic mass is 10.1. The number of hydrogen-bond donors (Lipinski definition) is 1. The summed E-state index contributed by atoms with van der Waals surface area (Å²) < 4.78 is 2.35. The largest absolute Gasteiger partial charge is 0.328 e. The van der Waals surface area contributed by atoms with Crippen LogP contribution < -0.4 is 5.32 Å². The van der Waals surface area contributed by atoms with E-state index in [9.17, 15) is 0 Å². The van der Waals surface area contributed by atoms with E-state index in [1.54, 1.807) is 0 Å². The minimum atomic E-state index is 0.652. The summed E-state index contributed by atoms with van der Waals surface area (Å²) >= 11 is 0. The van der Waals surface area contributed by atoms with Crippen molar-refractivity contribution in [1.29, 1.82) is 0 Å². The molecule has 0 aliphatic rings. The van der Waals surface area contributed by atoms with Gasteiger partial charge in [-0.2, -0.15) is 0 Å². The Bertz CT molecular complexity index is 530. The molecule has 0 saturated heterocycles. The van der Waals surface area contributed by atoms with Crippen LogP contribution in [0.5, 0.6) is 0 Å². The van der Waals surface area contributed by atoms with Gasteiger partial charge in [-0.1, -0.05) is 26.0 Å². The van der Waals surface area contributed by atoms with Crippen LogP contribution in [0.3, 0.4) is 0 Å². The normalized spacial score (nSPS) is 12.9. The molecule has 20 heavy (non-hydrogen) atoms. The van der Waals surface area contributed by atoms with Gasteiger partial charge in [-0.3, -0.25) is 0 Å². The van der Waals surface area contributed by atoms with Crippen LogP contribution in [0.2, 0.25) is 0 Å². The summed E-state index contributed by atoms with van der Waals surface area (Å²) in [5, 5.41) is 3.55. The van der Waals surface area contributed by atoms with E-state index in [0.717, 1.165) is 25.0 Å². The van der Waals surface area contributed by atoms with Gasteiger partial charge in [0.1, 0.15) is 5.82 Å². The predicted octanol–water partition coefficient (Wildman–Crippen LogP) is 3.77. The highest BCUT2D eigenvalue weighted by Gasteiger charge is 2.10. The summed E-state index contributed by atoms with van der Waals surface area (Å²) in [7, 11) is 0. The quantitative estimate of drug-likeness (QED) is 0.793. The van der Waals surface area contributed by atoms with Gasteiger partial charge in [-0.25, -0.2) is 4.98 Å². The van der Waals surface area contributed by atoms with Crippen molar-refractivity contribution in [2.24, 2.45) is 0 Å². The molecule has 0 aliphatic carbocycles. The van der Waals surface area contributed by atoms with E-state index in [4.69, 9.17) is 4.98 Å². The average molecular weight is 273 g/mol. The summed E-state index contributed by atoms with van der Waals surface area (Å²) in [6.07, 6.45) is 4.72. The Balaban J connectivity index is 2.02. The zero-order valence-electron chi connectivity index (χ0n) is 13.0. The maximum Gasteiger partial charge on any atom is 0.109 e. The number of para-hydroxylation sites is 2. The number of fused-ring (bicyclic) bond motifs is 1. The molecule has 110 valence electrons. The predicted molar refractivity (Wildman–Crippen MR) is 86.1 cm³/mol. The number of rotatable bonds is 8. The first-order valence-corrected chi connectivity index (χ1v) is 7.97. The van der Waals surface area contributed by atoms with Crippen LogP contribution in [0.1, 0.15) is 45.9 Å². The van der Waals surface area contributed by atoms with Crippen molar-refractivity contribution in [3.63, 3.8) is 0 Å². The lowest BCUT2D eigenvalue weighted by molar-refractivity contribution is 0.463. The molecule has 1 N–H and O–H groups in total. The highest BCUT2D eigenvalue weighted by molar-refractivity contribution is 5.75. The first kappa shape index (κ1) is 15.0. The standard InChI is InChI=1S/C17H27N3/c1-4-14(18-5-2)10-9-13-17-19-15-11-7-8-12-16(15)20(17)6-3/h7-8,11-12,14,18H,4-6,9-10,13H2,1-3H3. The molecular formula is C17H27N3. The van der Waals surface area contributed by atoms with Gasteiger partial charge >= 0.3 is 0 Å². The van der Waals surface area contributed by atoms with Crippen LogP contribution in [-0.4, -0.2) is 22.1 Å². The van der Waals surface area contributed by atoms with E-state index in [1.165, 1.54) is 30.6 Å². The molecule has 1 atom stereocenters. The molecule has 0 radical (unpaired) electrons. The molecule has 0 amide bonds. The third kappa shape index (κ3) is 3.40. The second-order valence-corrected chi connectivity index (χ2v) is 5.32. The molecule has 1 unspecified atom stereocenters. The Morgan fingerprint density at radius 1 is 1.20 bits per heavy atom. The summed E-state index contributed by atoms with van der Waals surface area (Å²) in [5.74, 6) is 1.24. The van der Waals surface area contributed by atoms with Crippen molar-refractivity contribution in [3.8, 4) is 0 Å². The second-order valence-electron chi connectivity index (χ2n) is 5.32. The molecule has 0 saturated carbocycles. The monoisotopic (exact) mass is 273 g/mol. The summed E-state index contributed by atoms with van der Waals surface area (Å²) in [4.78, 5) is 4.79. The highest BCUT2D eigenvalue weighted by Crippen LogP contribution is 2.17. The molecule has 2 rings (SSSR count). The minimum Gasteiger partial charge on any atom is -0.328 e. The van der Waals surface area contributed by atoms with Crippen LogP contribution in [-0.2, 0) is 13.0 Å². The van der Waals surface area contributed by atoms with Gasteiger partial charge in [-0.05, 0) is 44.9 Å². The number of benzene rings is 1. The number of nitrogens with zero attached hydrogens (tertiary/aromatic N) is 2. The summed E-state index contributed by atoms with van der Waals surface area (Å²) in [6, 6.07) is 9.09. The van der Waals surface area contributed by atoms with Gasteiger partial charge in [0.25, 0.3) is 0 Å². The van der Waals surface area contributed by atoms with Gasteiger partial charge < -0.3 is 9.88 Å². The highest BCUT2D eigenvalue weighted by atomic mass is 15.1. The van der Waals surface area contributed by atoms with E-state index in [-0.39, 0.29) is 0 Å². The van der Waals surface area contributed by atoms with Gasteiger partial charge in [0.15, 0.2) is 0 Å². The lowest BCUT2D eigenvalue weighted by Gasteiger charge is -2.15. The first-order valence-electron chi connectivity index (χ1n) is 7.97. The molecule has 0 bridgehead atoms. The van der Waals surface area contributed by atoms with Crippen LogP contribution >= 0.6 is 0 Å². The lowest BCUT2D eigenvalue weighted by Crippen LogP contribution is -2.28. The molecule has 1 aromatic carbocycles. The second kappa shape index (κ2) is 7.44. The Labute approximate surface area is 122 Å². The SMILES string of the molecule is CCNC(CC)CCCc1nc2ccccc2n1CC. The Hall–Kier alpha value is -1.35. The summed E-state index contributed by atoms with van der Waals surface area (Å²) in [6.45, 7) is 8.70. The van der Waals surface area contributed by atoms with Gasteiger partial charge in [0, 0.05) is 19.0 Å². The molecule has 1 aromatic heterocycles. The van der Waals surface area contributed by atoms with E-state index in [1.807, 2.05) is 0 Å². The van der Waals surface area contributed by atoms with Crippen molar-refractivity contribution in [3.05, 3.63) is 30.1 Å². The van der Waals surface area contributed by atoms with Crippen molar-refractivity contribution < 1.29 is 0 Å². The van der Waals surface area contributed by atoms with Crippen molar-refractivity contribution >= 4 is 11.0 Å². The summed E-state index contributed by atoms with van der Waals surface area (Å²) in [5.41, 5.74) is 2.40. The fourth-order valence-electron chi connectivity index (χ4n) is 2.91. The molecule has 1 heterocycles. The van der Waals surface area contributed by atoms with E-state index < -0.39 is 0 Å². The number of imidazole rings is 1. The molecule has 3 heteroatoms. The van der Waals surface area contributed by atoms with Gasteiger partial charge in [-0.15, -0.1) is 0 Å². The number of nitrogens with one attached hydrogen (secondary N) is 1. The first-order chi connectivity index (χ1) is 9.80. The smallest absolute Gasteiger partial charge is 0.109 e. The van der Waals surface area contributed by atoms with Crippen LogP contribution in [0.25, 0.3) is 11.0 Å². The van der Waals surface area contributed by atoms with Crippen LogP contribution in [0, 0.1) is 0 Å². The Morgan fingerprint density at radius 3 is 2.70 bits per heavy atom. The zero-order valence-corrected chi connectivity index (χ0v) is 13.0. The molecule has 2 aromatic rings. The molecular weight excluding hydrogens is 246 g/mol. The Morgan fingerprint density at radius 2 is 2.00 bits per heavy atom. The van der Waals surface area contributed by atoms with E-state index >= 15 is 0 Å². The fourth-order valence-corrected chi connectivity index (χ4v) is 2.91. The van der Waals surface area contributed by atoms with Gasteiger partial charge in [0.05, 0.1) is 11.0 Å². The van der Waals surface area contributed by atoms with Crippen molar-refractivity contribution in [2.45, 2.75) is 59.0 Å². The van der Waals surface area contributed by atoms with E-state index in [0.29, 0.717) is 6.04 Å². The molecule has 0 fully saturated rings. The minimum absolute atomic E-state index is 0.652.